The molecule has 0 atom stereocenters. The van der Waals surface area contributed by atoms with Crippen LogP contribution in [0.3, 0.4) is 0 Å². The van der Waals surface area contributed by atoms with Gasteiger partial charge in [-0.25, -0.2) is 0 Å². The van der Waals surface area contributed by atoms with Crippen LogP contribution in [0.4, 0.5) is 0 Å². The second-order valence-corrected chi connectivity index (χ2v) is 6.55. The van der Waals surface area contributed by atoms with E-state index in [2.05, 4.69) is 20.0 Å². The number of rotatable bonds is 4. The highest BCUT2D eigenvalue weighted by Crippen LogP contribution is 2.30. The van der Waals surface area contributed by atoms with Gasteiger partial charge in [-0.05, 0) is 17.7 Å². The highest BCUT2D eigenvalue weighted by atomic mass is 16.5. The minimum atomic E-state index is 0.167. The molecule has 4 aliphatic rings. The summed E-state index contributed by atoms with van der Waals surface area (Å²) >= 11 is 0. The Hall–Kier alpha value is -1.34. The number of nitrogens with zero attached hydrogens (tertiary/aromatic N) is 3. The van der Waals surface area contributed by atoms with Crippen molar-refractivity contribution in [2.75, 3.05) is 46.8 Å². The number of methoxy groups -OCH3 is 1. The van der Waals surface area contributed by atoms with Gasteiger partial charge in [-0.1, -0.05) is 6.07 Å². The van der Waals surface area contributed by atoms with Crippen molar-refractivity contribution in [2.24, 2.45) is 0 Å². The van der Waals surface area contributed by atoms with Crippen molar-refractivity contribution >= 4 is 0 Å². The van der Waals surface area contributed by atoms with Crippen LogP contribution in [0.5, 0.6) is 11.5 Å². The van der Waals surface area contributed by atoms with Crippen LogP contribution >= 0.6 is 0 Å². The van der Waals surface area contributed by atoms with Crippen molar-refractivity contribution in [2.45, 2.75) is 12.1 Å². The predicted octanol–water partition coefficient (Wildman–Crippen LogP) is 0.0485. The molecule has 4 fully saturated rings. The molecule has 5 rings (SSSR count). The molecular formula is C15H22N4O2. The molecule has 6 heteroatoms. The van der Waals surface area contributed by atoms with Crippen LogP contribution in [0.2, 0.25) is 0 Å². The van der Waals surface area contributed by atoms with Gasteiger partial charge in [0.2, 0.25) is 0 Å². The molecule has 0 spiro atoms. The lowest BCUT2D eigenvalue weighted by molar-refractivity contribution is -0.150. The first-order chi connectivity index (χ1) is 10.2. The van der Waals surface area contributed by atoms with Gasteiger partial charge in [-0.15, -0.1) is 0 Å². The number of aromatic hydroxyl groups is 1. The van der Waals surface area contributed by atoms with Crippen molar-refractivity contribution in [3.63, 3.8) is 0 Å². The molecule has 4 bridgehead atoms. The van der Waals surface area contributed by atoms with Crippen LogP contribution in [0.1, 0.15) is 5.56 Å². The minimum absolute atomic E-state index is 0.167. The van der Waals surface area contributed by atoms with Gasteiger partial charge in [0.15, 0.2) is 11.5 Å². The van der Waals surface area contributed by atoms with E-state index in [1.54, 1.807) is 13.2 Å². The smallest absolute Gasteiger partial charge is 0.160 e. The van der Waals surface area contributed by atoms with E-state index in [1.165, 1.54) is 0 Å². The van der Waals surface area contributed by atoms with Gasteiger partial charge in [0, 0.05) is 26.2 Å². The van der Waals surface area contributed by atoms with E-state index in [1.807, 2.05) is 12.1 Å². The number of ether oxygens (including phenoxy) is 1. The van der Waals surface area contributed by atoms with Gasteiger partial charge in [-0.2, -0.15) is 0 Å². The fourth-order valence-electron chi connectivity index (χ4n) is 4.01. The third-order valence-corrected chi connectivity index (χ3v) is 4.69. The number of hydrogen-bond donors (Lipinski definition) is 2. The lowest BCUT2D eigenvalue weighted by atomic mass is 9.90. The lowest BCUT2D eigenvalue weighted by Crippen LogP contribution is -2.79. The number of nitrogens with one attached hydrogen (secondary N) is 1. The third-order valence-electron chi connectivity index (χ3n) is 4.69. The second-order valence-electron chi connectivity index (χ2n) is 6.55. The summed E-state index contributed by atoms with van der Waals surface area (Å²) in [5.74, 6) is 0.732. The molecule has 1 aromatic carbocycles. The second kappa shape index (κ2) is 4.84. The molecule has 0 saturated carbocycles. The van der Waals surface area contributed by atoms with Crippen LogP contribution < -0.4 is 10.1 Å². The first-order valence-electron chi connectivity index (χ1n) is 7.44. The predicted molar refractivity (Wildman–Crippen MR) is 78.9 cm³/mol. The zero-order valence-electron chi connectivity index (χ0n) is 12.4. The zero-order valence-corrected chi connectivity index (χ0v) is 12.4. The van der Waals surface area contributed by atoms with Gasteiger partial charge >= 0.3 is 0 Å². The Labute approximate surface area is 124 Å². The van der Waals surface area contributed by atoms with Gasteiger partial charge < -0.3 is 15.2 Å². The molecule has 114 valence electrons. The highest BCUT2D eigenvalue weighted by Gasteiger charge is 2.48. The van der Waals surface area contributed by atoms with Gasteiger partial charge in [0.05, 0.1) is 32.7 Å². The summed E-state index contributed by atoms with van der Waals surface area (Å²) in [5.41, 5.74) is 1.31. The van der Waals surface area contributed by atoms with Crippen LogP contribution in [0.25, 0.3) is 0 Å². The van der Waals surface area contributed by atoms with Gasteiger partial charge in [-0.3, -0.25) is 14.7 Å². The molecule has 1 aromatic rings. The molecule has 0 aromatic heterocycles. The molecule has 4 heterocycles. The van der Waals surface area contributed by atoms with Crippen LogP contribution in [-0.2, 0) is 6.54 Å². The average Bonchev–Trinajstić information content (AvgIpc) is 2.45. The summed E-state index contributed by atoms with van der Waals surface area (Å²) in [6, 6.07) is 5.56. The van der Waals surface area contributed by atoms with E-state index in [9.17, 15) is 5.11 Å². The SMILES string of the molecule is COc1cc(CNC23CN4CN(CN(C4)C2)C3)ccc1O. The van der Waals surface area contributed by atoms with E-state index in [0.29, 0.717) is 5.75 Å². The summed E-state index contributed by atoms with van der Waals surface area (Å²) in [6.07, 6.45) is 0. The first-order valence-corrected chi connectivity index (χ1v) is 7.44. The Morgan fingerprint density at radius 2 is 1.76 bits per heavy atom. The minimum Gasteiger partial charge on any atom is -0.504 e. The number of phenolic OH excluding ortho intramolecular Hbond substituents is 1. The van der Waals surface area contributed by atoms with Crippen molar-refractivity contribution in [1.29, 1.82) is 0 Å². The van der Waals surface area contributed by atoms with E-state index in [4.69, 9.17) is 4.74 Å². The maximum atomic E-state index is 9.67. The molecular weight excluding hydrogens is 268 g/mol. The van der Waals surface area contributed by atoms with Crippen molar-refractivity contribution in [1.82, 2.24) is 20.0 Å². The molecule has 21 heavy (non-hydrogen) atoms. The molecule has 0 radical (unpaired) electrons. The molecule has 4 saturated heterocycles. The summed E-state index contributed by atoms with van der Waals surface area (Å²) < 4.78 is 5.18. The Bertz CT molecular complexity index is 513. The topological polar surface area (TPSA) is 51.2 Å². The summed E-state index contributed by atoms with van der Waals surface area (Å²) in [7, 11) is 1.58. The van der Waals surface area contributed by atoms with Crippen molar-refractivity contribution < 1.29 is 9.84 Å². The standard InChI is InChI=1S/C15H22N4O2/c1-21-14-4-12(2-3-13(14)20)5-16-15-6-17-9-18(7-15)11-19(8-15)10-17/h2-4,16,20H,5-11H2,1H3. The highest BCUT2D eigenvalue weighted by molar-refractivity contribution is 5.41. The molecule has 6 nitrogen and oxygen atoms in total. The molecule has 2 N–H and O–H groups in total. The monoisotopic (exact) mass is 290 g/mol. The number of phenols is 1. The van der Waals surface area contributed by atoms with E-state index >= 15 is 0 Å². The molecule has 0 aliphatic carbocycles. The van der Waals surface area contributed by atoms with E-state index < -0.39 is 0 Å². The van der Waals surface area contributed by atoms with E-state index in [-0.39, 0.29) is 11.3 Å². The average molecular weight is 290 g/mol. The van der Waals surface area contributed by atoms with Crippen molar-refractivity contribution in [3.05, 3.63) is 23.8 Å². The van der Waals surface area contributed by atoms with E-state index in [0.717, 1.165) is 51.7 Å². The normalized spacial score (nSPS) is 36.9. The molecule has 0 amide bonds. The molecule has 0 unspecified atom stereocenters. The molecule has 4 aliphatic heterocycles. The number of benzene rings is 1. The van der Waals surface area contributed by atoms with Gasteiger partial charge in [0.1, 0.15) is 0 Å². The zero-order chi connectivity index (χ0) is 14.4. The maximum Gasteiger partial charge on any atom is 0.160 e. The van der Waals surface area contributed by atoms with Crippen LogP contribution in [0, 0.1) is 0 Å². The van der Waals surface area contributed by atoms with Crippen molar-refractivity contribution in [3.8, 4) is 11.5 Å². The fraction of sp³-hybridized carbons (Fsp3) is 0.600. The number of hydrogen-bond acceptors (Lipinski definition) is 6. The lowest BCUT2D eigenvalue weighted by Gasteiger charge is -2.60. The summed E-state index contributed by atoms with van der Waals surface area (Å²) in [4.78, 5) is 7.50. The third kappa shape index (κ3) is 2.38. The van der Waals surface area contributed by atoms with Gasteiger partial charge in [0.25, 0.3) is 0 Å². The maximum absolute atomic E-state index is 9.67. The Kier molecular flexibility index (Phi) is 3.08. The Balaban J connectivity index is 1.47. The Morgan fingerprint density at radius 3 is 2.33 bits per heavy atom. The summed E-state index contributed by atoms with van der Waals surface area (Å²) in [6.45, 7) is 7.47. The largest absolute Gasteiger partial charge is 0.504 e. The quantitative estimate of drug-likeness (QED) is 0.817. The fourth-order valence-corrected chi connectivity index (χ4v) is 4.01. The van der Waals surface area contributed by atoms with Crippen LogP contribution in [-0.4, -0.2) is 72.1 Å². The van der Waals surface area contributed by atoms with Crippen LogP contribution in [0.15, 0.2) is 18.2 Å². The first kappa shape index (κ1) is 13.3. The Morgan fingerprint density at radius 1 is 1.14 bits per heavy atom. The summed E-state index contributed by atoms with van der Waals surface area (Å²) in [5, 5.41) is 13.4.